The lowest BCUT2D eigenvalue weighted by Crippen LogP contribution is -2.18. The van der Waals surface area contributed by atoms with Gasteiger partial charge in [-0.05, 0) is 29.9 Å². The van der Waals surface area contributed by atoms with Gasteiger partial charge in [-0.15, -0.1) is 0 Å². The molecule has 0 heterocycles. The smallest absolute Gasteiger partial charge is 0.255 e. The molecule has 1 unspecified atom stereocenters. The van der Waals surface area contributed by atoms with E-state index in [4.69, 9.17) is 5.73 Å². The largest absolute Gasteiger partial charge is 0.376 e. The van der Waals surface area contributed by atoms with Gasteiger partial charge in [-0.2, -0.15) is 0 Å². The van der Waals surface area contributed by atoms with Crippen LogP contribution in [0.15, 0.2) is 24.3 Å². The second-order valence-electron chi connectivity index (χ2n) is 3.63. The van der Waals surface area contributed by atoms with E-state index >= 15 is 0 Å². The Morgan fingerprint density at radius 1 is 1.53 bits per heavy atom. The van der Waals surface area contributed by atoms with Gasteiger partial charge in [-0.1, -0.05) is 12.1 Å². The summed E-state index contributed by atoms with van der Waals surface area (Å²) in [5, 5.41) is 2.85. The lowest BCUT2D eigenvalue weighted by atomic mass is 10.1. The average molecular weight is 228 g/mol. The van der Waals surface area contributed by atoms with Gasteiger partial charge in [-0.3, -0.25) is 0 Å². The molecular formula is C10H10F2N2S. The van der Waals surface area contributed by atoms with E-state index in [0.717, 1.165) is 0 Å². The summed E-state index contributed by atoms with van der Waals surface area (Å²) in [5.74, 6) is -3.19. The Bertz CT molecular complexity index is 406. The van der Waals surface area contributed by atoms with Gasteiger partial charge in [0.05, 0.1) is 5.92 Å². The molecular weight excluding hydrogens is 218 g/mol. The van der Waals surface area contributed by atoms with Crippen LogP contribution in [0.1, 0.15) is 17.9 Å². The van der Waals surface area contributed by atoms with E-state index in [1.54, 1.807) is 24.3 Å². The zero-order chi connectivity index (χ0) is 11.1. The van der Waals surface area contributed by atoms with Crippen LogP contribution in [0.4, 0.5) is 14.5 Å². The van der Waals surface area contributed by atoms with Crippen LogP contribution in [0.3, 0.4) is 0 Å². The van der Waals surface area contributed by atoms with E-state index in [0.29, 0.717) is 11.3 Å². The minimum Gasteiger partial charge on any atom is -0.376 e. The minimum atomic E-state index is -2.54. The molecule has 0 aromatic heterocycles. The highest BCUT2D eigenvalue weighted by atomic mass is 32.1. The fourth-order valence-electron chi connectivity index (χ4n) is 1.55. The molecule has 1 fully saturated rings. The van der Waals surface area contributed by atoms with Gasteiger partial charge in [0.1, 0.15) is 0 Å². The van der Waals surface area contributed by atoms with E-state index in [-0.39, 0.29) is 11.5 Å². The predicted molar refractivity (Wildman–Crippen MR) is 59.2 cm³/mol. The van der Waals surface area contributed by atoms with Crippen molar-refractivity contribution in [3.05, 3.63) is 29.8 Å². The first-order valence-corrected chi connectivity index (χ1v) is 4.94. The summed E-state index contributed by atoms with van der Waals surface area (Å²) >= 11 is 4.67. The molecule has 3 N–H and O–H groups in total. The van der Waals surface area contributed by atoms with Gasteiger partial charge in [0.2, 0.25) is 0 Å². The standard InChI is InChI=1S/C10H10F2N2S/c11-10(12)5-8(10)6-2-1-3-7(4-6)14-9(13)15/h1-4,8H,5H2,(H3,13,14,15). The molecule has 0 amide bonds. The van der Waals surface area contributed by atoms with E-state index in [1.807, 2.05) is 0 Å². The number of rotatable bonds is 2. The zero-order valence-corrected chi connectivity index (χ0v) is 8.65. The second-order valence-corrected chi connectivity index (χ2v) is 4.07. The van der Waals surface area contributed by atoms with Gasteiger partial charge in [-0.25, -0.2) is 8.78 Å². The quantitative estimate of drug-likeness (QED) is 0.764. The van der Waals surface area contributed by atoms with Crippen molar-refractivity contribution in [2.24, 2.45) is 5.73 Å². The molecule has 1 aromatic carbocycles. The predicted octanol–water partition coefficient (Wildman–Crippen LogP) is 2.46. The molecule has 2 rings (SSSR count). The maximum Gasteiger partial charge on any atom is 0.255 e. The van der Waals surface area contributed by atoms with Gasteiger partial charge < -0.3 is 11.1 Å². The molecule has 5 heteroatoms. The maximum absolute atomic E-state index is 12.8. The highest BCUT2D eigenvalue weighted by molar-refractivity contribution is 7.80. The van der Waals surface area contributed by atoms with Crippen LogP contribution in [-0.4, -0.2) is 11.0 Å². The molecule has 2 nitrogen and oxygen atoms in total. The van der Waals surface area contributed by atoms with Crippen LogP contribution in [-0.2, 0) is 0 Å². The van der Waals surface area contributed by atoms with Crippen molar-refractivity contribution in [2.75, 3.05) is 5.32 Å². The third-order valence-corrected chi connectivity index (χ3v) is 2.48. The Morgan fingerprint density at radius 2 is 2.20 bits per heavy atom. The van der Waals surface area contributed by atoms with Crippen LogP contribution >= 0.6 is 12.2 Å². The van der Waals surface area contributed by atoms with Crippen molar-refractivity contribution in [1.29, 1.82) is 0 Å². The highest BCUT2D eigenvalue weighted by Crippen LogP contribution is 2.55. The first-order valence-electron chi connectivity index (χ1n) is 4.53. The number of hydrogen-bond acceptors (Lipinski definition) is 1. The van der Waals surface area contributed by atoms with Crippen molar-refractivity contribution >= 4 is 23.0 Å². The van der Waals surface area contributed by atoms with Crippen molar-refractivity contribution in [3.8, 4) is 0 Å². The maximum atomic E-state index is 12.8. The highest BCUT2D eigenvalue weighted by Gasteiger charge is 2.57. The number of hydrogen-bond donors (Lipinski definition) is 2. The van der Waals surface area contributed by atoms with Crippen LogP contribution in [0.25, 0.3) is 0 Å². The van der Waals surface area contributed by atoms with Crippen molar-refractivity contribution in [1.82, 2.24) is 0 Å². The third-order valence-electron chi connectivity index (χ3n) is 2.38. The molecule has 80 valence electrons. The normalized spacial score (nSPS) is 22.1. The lowest BCUT2D eigenvalue weighted by Gasteiger charge is -2.05. The van der Waals surface area contributed by atoms with Gasteiger partial charge in [0.15, 0.2) is 5.11 Å². The number of nitrogens with two attached hydrogens (primary N) is 1. The summed E-state index contributed by atoms with van der Waals surface area (Å²) in [7, 11) is 0. The first-order chi connectivity index (χ1) is 6.99. The summed E-state index contributed by atoms with van der Waals surface area (Å²) in [6.45, 7) is 0. The number of nitrogens with one attached hydrogen (secondary N) is 1. The molecule has 1 atom stereocenters. The monoisotopic (exact) mass is 228 g/mol. The summed E-state index contributed by atoms with van der Waals surface area (Å²) < 4.78 is 25.6. The molecule has 0 saturated heterocycles. The molecule has 1 saturated carbocycles. The van der Waals surface area contributed by atoms with E-state index < -0.39 is 11.8 Å². The van der Waals surface area contributed by atoms with E-state index in [9.17, 15) is 8.78 Å². The van der Waals surface area contributed by atoms with E-state index in [1.165, 1.54) is 0 Å². The van der Waals surface area contributed by atoms with Crippen molar-refractivity contribution in [2.45, 2.75) is 18.3 Å². The molecule has 1 aliphatic carbocycles. The topological polar surface area (TPSA) is 38.0 Å². The number of anilines is 1. The summed E-state index contributed by atoms with van der Waals surface area (Å²) in [6, 6.07) is 6.80. The summed E-state index contributed by atoms with van der Waals surface area (Å²) in [6.07, 6.45) is -0.0659. The lowest BCUT2D eigenvalue weighted by molar-refractivity contribution is 0.112. The first kappa shape index (κ1) is 10.3. The molecule has 15 heavy (non-hydrogen) atoms. The van der Waals surface area contributed by atoms with Crippen LogP contribution in [0.2, 0.25) is 0 Å². The number of benzene rings is 1. The van der Waals surface area contributed by atoms with E-state index in [2.05, 4.69) is 17.5 Å². The molecule has 0 spiro atoms. The van der Waals surface area contributed by atoms with Gasteiger partial charge >= 0.3 is 0 Å². The molecule has 0 radical (unpaired) electrons. The average Bonchev–Trinajstić information content (AvgIpc) is 2.74. The molecule has 0 bridgehead atoms. The fraction of sp³-hybridized carbons (Fsp3) is 0.300. The third kappa shape index (κ3) is 2.23. The van der Waals surface area contributed by atoms with Gasteiger partial charge in [0, 0.05) is 12.1 Å². The SMILES string of the molecule is NC(=S)Nc1cccc(C2CC2(F)F)c1. The Labute approximate surface area is 91.5 Å². The number of thiocarbonyl (C=S) groups is 1. The van der Waals surface area contributed by atoms with Crippen LogP contribution < -0.4 is 11.1 Å². The number of halogens is 2. The van der Waals surface area contributed by atoms with Crippen LogP contribution in [0, 0.1) is 0 Å². The molecule has 1 aliphatic rings. The van der Waals surface area contributed by atoms with Gasteiger partial charge in [0.25, 0.3) is 5.92 Å². The minimum absolute atomic E-state index is 0.0659. The fourth-order valence-corrected chi connectivity index (χ4v) is 1.67. The molecule has 1 aromatic rings. The second kappa shape index (κ2) is 3.41. The number of alkyl halides is 2. The van der Waals surface area contributed by atoms with Crippen molar-refractivity contribution in [3.63, 3.8) is 0 Å². The summed E-state index contributed by atoms with van der Waals surface area (Å²) in [5.41, 5.74) is 6.57. The summed E-state index contributed by atoms with van der Waals surface area (Å²) in [4.78, 5) is 0. The Balaban J connectivity index is 2.17. The van der Waals surface area contributed by atoms with Crippen LogP contribution in [0.5, 0.6) is 0 Å². The zero-order valence-electron chi connectivity index (χ0n) is 7.84. The Morgan fingerprint density at radius 3 is 2.73 bits per heavy atom. The van der Waals surface area contributed by atoms with Crippen molar-refractivity contribution < 1.29 is 8.78 Å². The Hall–Kier alpha value is -1.23. The Kier molecular flexibility index (Phi) is 2.34. The molecule has 0 aliphatic heterocycles.